The molecule has 0 spiro atoms. The number of fused-ring (bicyclic) bond motifs is 3. The fourth-order valence-electron chi connectivity index (χ4n) is 3.19. The van der Waals surface area contributed by atoms with Crippen LogP contribution in [0, 0.1) is 0 Å². The summed E-state index contributed by atoms with van der Waals surface area (Å²) in [6.45, 7) is 4.87. The van der Waals surface area contributed by atoms with Gasteiger partial charge in [-0.25, -0.2) is 4.68 Å². The highest BCUT2D eigenvalue weighted by molar-refractivity contribution is 7.18. The SMILES string of the molecule is CCC1(C)Cc2c(sc3nnn(Cc4c(Cl)cccc4Cl)c(=O)c23)CO1. The van der Waals surface area contributed by atoms with Gasteiger partial charge in [0.05, 0.1) is 24.1 Å². The third-order valence-electron chi connectivity index (χ3n) is 4.98. The predicted octanol–water partition coefficient (Wildman–Crippen LogP) is 4.45. The van der Waals surface area contributed by atoms with Crippen molar-refractivity contribution in [1.82, 2.24) is 15.0 Å². The van der Waals surface area contributed by atoms with Crippen LogP contribution in [-0.2, 0) is 24.3 Å². The quantitative estimate of drug-likeness (QED) is 0.640. The van der Waals surface area contributed by atoms with Crippen LogP contribution in [-0.4, -0.2) is 20.6 Å². The van der Waals surface area contributed by atoms with Gasteiger partial charge in [-0.1, -0.05) is 41.4 Å². The molecule has 0 radical (unpaired) electrons. The largest absolute Gasteiger partial charge is 0.369 e. The van der Waals surface area contributed by atoms with Gasteiger partial charge in [0, 0.05) is 26.9 Å². The van der Waals surface area contributed by atoms with E-state index in [9.17, 15) is 4.79 Å². The second-order valence-electron chi connectivity index (χ2n) is 6.71. The molecule has 26 heavy (non-hydrogen) atoms. The molecule has 136 valence electrons. The van der Waals surface area contributed by atoms with Crippen molar-refractivity contribution >= 4 is 44.8 Å². The van der Waals surface area contributed by atoms with Crippen LogP contribution >= 0.6 is 34.5 Å². The zero-order valence-corrected chi connectivity index (χ0v) is 16.7. The molecule has 2 aromatic heterocycles. The van der Waals surface area contributed by atoms with Crippen LogP contribution in [0.4, 0.5) is 0 Å². The molecule has 1 aromatic carbocycles. The zero-order valence-electron chi connectivity index (χ0n) is 14.4. The molecule has 3 aromatic rings. The summed E-state index contributed by atoms with van der Waals surface area (Å²) < 4.78 is 7.32. The lowest BCUT2D eigenvalue weighted by Crippen LogP contribution is -2.34. The molecule has 0 fully saturated rings. The number of rotatable bonds is 3. The number of benzene rings is 1. The molecule has 1 atom stereocenters. The number of nitrogens with zero attached hydrogens (tertiary/aromatic N) is 3. The fourth-order valence-corrected chi connectivity index (χ4v) is 4.74. The fraction of sp³-hybridized carbons (Fsp3) is 0.389. The van der Waals surface area contributed by atoms with E-state index in [1.165, 1.54) is 16.0 Å². The van der Waals surface area contributed by atoms with Crippen LogP contribution in [0.15, 0.2) is 23.0 Å². The van der Waals surface area contributed by atoms with E-state index in [4.69, 9.17) is 27.9 Å². The van der Waals surface area contributed by atoms with E-state index in [0.29, 0.717) is 38.9 Å². The lowest BCUT2D eigenvalue weighted by atomic mass is 9.90. The van der Waals surface area contributed by atoms with E-state index in [-0.39, 0.29) is 17.7 Å². The molecule has 4 rings (SSSR count). The number of hydrogen-bond acceptors (Lipinski definition) is 5. The lowest BCUT2D eigenvalue weighted by molar-refractivity contribution is -0.0543. The second-order valence-corrected chi connectivity index (χ2v) is 8.60. The molecule has 0 saturated carbocycles. The highest BCUT2D eigenvalue weighted by atomic mass is 35.5. The summed E-state index contributed by atoms with van der Waals surface area (Å²) in [5.41, 5.74) is 1.29. The summed E-state index contributed by atoms with van der Waals surface area (Å²) in [4.78, 5) is 14.8. The third kappa shape index (κ3) is 2.95. The molecule has 8 heteroatoms. The van der Waals surface area contributed by atoms with Gasteiger partial charge in [-0.3, -0.25) is 4.79 Å². The van der Waals surface area contributed by atoms with Gasteiger partial charge in [0.15, 0.2) is 4.83 Å². The number of ether oxygens (including phenoxy) is 1. The summed E-state index contributed by atoms with van der Waals surface area (Å²) in [5.74, 6) is 0. The number of aromatic nitrogens is 3. The third-order valence-corrected chi connectivity index (χ3v) is 6.78. The highest BCUT2D eigenvalue weighted by Gasteiger charge is 2.33. The lowest BCUT2D eigenvalue weighted by Gasteiger charge is -2.32. The minimum Gasteiger partial charge on any atom is -0.369 e. The molecular weight excluding hydrogens is 393 g/mol. The zero-order chi connectivity index (χ0) is 18.5. The van der Waals surface area contributed by atoms with E-state index in [0.717, 1.165) is 16.9 Å². The van der Waals surface area contributed by atoms with Crippen molar-refractivity contribution in [3.05, 3.63) is 54.6 Å². The molecule has 0 N–H and O–H groups in total. The summed E-state index contributed by atoms with van der Waals surface area (Å²) in [7, 11) is 0. The number of hydrogen-bond donors (Lipinski definition) is 0. The Morgan fingerprint density at radius 3 is 2.77 bits per heavy atom. The summed E-state index contributed by atoms with van der Waals surface area (Å²) in [6.07, 6.45) is 1.58. The second kappa shape index (κ2) is 6.60. The Labute approximate surface area is 164 Å². The smallest absolute Gasteiger partial charge is 0.279 e. The monoisotopic (exact) mass is 409 g/mol. The van der Waals surface area contributed by atoms with Gasteiger partial charge < -0.3 is 4.74 Å². The Balaban J connectivity index is 1.83. The molecule has 1 aliphatic heterocycles. The van der Waals surface area contributed by atoms with Crippen LogP contribution in [0.25, 0.3) is 10.2 Å². The standard InChI is InChI=1S/C18H17Cl2N3O2S/c1-3-18(2)7-10-14(9-25-18)26-16-15(10)17(24)23(22-21-16)8-11-12(19)5-4-6-13(11)20/h4-6H,3,7-9H2,1-2H3. The average molecular weight is 410 g/mol. The maximum absolute atomic E-state index is 13.1. The molecular formula is C18H17Cl2N3O2S. The maximum atomic E-state index is 13.1. The molecule has 1 unspecified atom stereocenters. The molecule has 0 saturated heterocycles. The predicted molar refractivity (Wildman–Crippen MR) is 104 cm³/mol. The van der Waals surface area contributed by atoms with Gasteiger partial charge in [-0.2, -0.15) is 0 Å². The van der Waals surface area contributed by atoms with Crippen LogP contribution in [0.2, 0.25) is 10.0 Å². The first-order chi connectivity index (χ1) is 12.4. The summed E-state index contributed by atoms with van der Waals surface area (Å²) >= 11 is 14.0. The van der Waals surface area contributed by atoms with Crippen LogP contribution in [0.1, 0.15) is 36.3 Å². The van der Waals surface area contributed by atoms with Crippen molar-refractivity contribution in [2.24, 2.45) is 0 Å². The molecule has 0 bridgehead atoms. The summed E-state index contributed by atoms with van der Waals surface area (Å²) in [6, 6.07) is 5.26. The molecule has 0 aliphatic carbocycles. The Morgan fingerprint density at radius 1 is 1.35 bits per heavy atom. The van der Waals surface area contributed by atoms with Crippen molar-refractivity contribution in [1.29, 1.82) is 0 Å². The van der Waals surface area contributed by atoms with Crippen molar-refractivity contribution in [3.8, 4) is 0 Å². The van der Waals surface area contributed by atoms with Gasteiger partial charge in [0.25, 0.3) is 5.56 Å². The molecule has 5 nitrogen and oxygen atoms in total. The van der Waals surface area contributed by atoms with Crippen molar-refractivity contribution < 1.29 is 4.74 Å². The first kappa shape index (κ1) is 17.9. The number of halogens is 2. The van der Waals surface area contributed by atoms with Crippen LogP contribution < -0.4 is 5.56 Å². The van der Waals surface area contributed by atoms with Crippen molar-refractivity contribution in [2.75, 3.05) is 0 Å². The maximum Gasteiger partial charge on any atom is 0.279 e. The van der Waals surface area contributed by atoms with E-state index >= 15 is 0 Å². The molecule has 3 heterocycles. The van der Waals surface area contributed by atoms with Gasteiger partial charge in [-0.15, -0.1) is 16.4 Å². The molecule has 0 amide bonds. The minimum atomic E-state index is -0.256. The first-order valence-electron chi connectivity index (χ1n) is 8.37. The van der Waals surface area contributed by atoms with Gasteiger partial charge in [0.2, 0.25) is 0 Å². The average Bonchev–Trinajstić information content (AvgIpc) is 2.98. The molecule has 1 aliphatic rings. The minimum absolute atomic E-state index is 0.163. The van der Waals surface area contributed by atoms with E-state index < -0.39 is 0 Å². The Morgan fingerprint density at radius 2 is 2.08 bits per heavy atom. The highest BCUT2D eigenvalue weighted by Crippen LogP contribution is 2.38. The normalized spacial score (nSPS) is 19.7. The van der Waals surface area contributed by atoms with E-state index in [1.807, 2.05) is 0 Å². The summed E-state index contributed by atoms with van der Waals surface area (Å²) in [5, 5.41) is 10.0. The van der Waals surface area contributed by atoms with Crippen molar-refractivity contribution in [3.63, 3.8) is 0 Å². The van der Waals surface area contributed by atoms with E-state index in [2.05, 4.69) is 24.2 Å². The van der Waals surface area contributed by atoms with Crippen molar-refractivity contribution in [2.45, 2.75) is 45.4 Å². The van der Waals surface area contributed by atoms with Gasteiger partial charge in [-0.05, 0) is 31.0 Å². The number of thiophene rings is 1. The first-order valence-corrected chi connectivity index (χ1v) is 9.94. The van der Waals surface area contributed by atoms with Crippen LogP contribution in [0.5, 0.6) is 0 Å². The Bertz CT molecular complexity index is 1040. The Hall–Kier alpha value is -1.47. The topological polar surface area (TPSA) is 57.0 Å². The van der Waals surface area contributed by atoms with E-state index in [1.54, 1.807) is 18.2 Å². The van der Waals surface area contributed by atoms with Gasteiger partial charge >= 0.3 is 0 Å². The van der Waals surface area contributed by atoms with Gasteiger partial charge in [0.1, 0.15) is 0 Å². The Kier molecular flexibility index (Phi) is 4.55. The van der Waals surface area contributed by atoms with Crippen LogP contribution in [0.3, 0.4) is 0 Å².